The van der Waals surface area contributed by atoms with E-state index in [1.807, 2.05) is 11.0 Å². The number of carbonyl (C=O) groups excluding carboxylic acids is 3. The van der Waals surface area contributed by atoms with Crippen molar-refractivity contribution in [2.45, 2.75) is 94.3 Å². The fraction of sp³-hybridized carbons (Fsp3) is 0.667. The van der Waals surface area contributed by atoms with Crippen molar-refractivity contribution in [1.29, 1.82) is 0 Å². The minimum atomic E-state index is -0.585. The lowest BCUT2D eigenvalue weighted by molar-refractivity contribution is -0.144. The zero-order valence-corrected chi connectivity index (χ0v) is 22.9. The fourth-order valence-corrected chi connectivity index (χ4v) is 8.21. The van der Waals surface area contributed by atoms with Gasteiger partial charge in [-0.1, -0.05) is 37.1 Å². The summed E-state index contributed by atoms with van der Waals surface area (Å²) < 4.78 is 0. The van der Waals surface area contributed by atoms with Crippen molar-refractivity contribution in [2.24, 2.45) is 5.41 Å². The minimum Gasteiger partial charge on any atom is -0.347 e. The molecule has 7 nitrogen and oxygen atoms in total. The number of benzene rings is 1. The molecule has 9 heteroatoms. The maximum atomic E-state index is 14.1. The molecular weight excluding hydrogens is 496 g/mol. The highest BCUT2D eigenvalue weighted by atomic mass is 35.5. The molecular formula is C27H39ClN4O3S. The Hall–Kier alpha value is -1.77. The summed E-state index contributed by atoms with van der Waals surface area (Å²) in [6, 6.07) is 6.96. The molecule has 0 radical (unpaired) electrons. The van der Waals surface area contributed by atoms with Gasteiger partial charge in [0, 0.05) is 5.41 Å². The lowest BCUT2D eigenvalue weighted by atomic mass is 9.77. The summed E-state index contributed by atoms with van der Waals surface area (Å²) in [5.41, 5.74) is 2.37. The Labute approximate surface area is 224 Å². The zero-order valence-electron chi connectivity index (χ0n) is 21.3. The number of amides is 3. The van der Waals surface area contributed by atoms with Crippen LogP contribution in [-0.4, -0.2) is 58.9 Å². The van der Waals surface area contributed by atoms with E-state index in [1.54, 1.807) is 25.7 Å². The summed E-state index contributed by atoms with van der Waals surface area (Å²) in [7, 11) is 1.74. The Morgan fingerprint density at radius 1 is 1.08 bits per heavy atom. The van der Waals surface area contributed by atoms with Gasteiger partial charge in [-0.25, -0.2) is 0 Å². The highest BCUT2D eigenvalue weighted by Gasteiger charge is 2.59. The van der Waals surface area contributed by atoms with Gasteiger partial charge < -0.3 is 20.9 Å². The van der Waals surface area contributed by atoms with Gasteiger partial charge in [0.1, 0.15) is 12.1 Å². The van der Waals surface area contributed by atoms with Gasteiger partial charge in [-0.15, -0.1) is 24.2 Å². The number of carbonyl (C=O) groups is 3. The van der Waals surface area contributed by atoms with Gasteiger partial charge in [0.15, 0.2) is 0 Å². The predicted octanol–water partition coefficient (Wildman–Crippen LogP) is 3.32. The van der Waals surface area contributed by atoms with E-state index in [1.165, 1.54) is 11.1 Å². The van der Waals surface area contributed by atoms with Crippen LogP contribution in [0.3, 0.4) is 0 Å². The van der Waals surface area contributed by atoms with Crippen molar-refractivity contribution in [3.8, 4) is 0 Å². The lowest BCUT2D eigenvalue weighted by Crippen LogP contribution is -2.58. The SMILES string of the molecule is CNC(C)C(=O)N[C@H]1CCS[C@H]2CC3(CCCC3)[C@@H](C(=O)N[C@@H]3CCCc4ccccc43)N2C1=O.Cl. The van der Waals surface area contributed by atoms with E-state index in [4.69, 9.17) is 0 Å². The van der Waals surface area contributed by atoms with Gasteiger partial charge >= 0.3 is 0 Å². The van der Waals surface area contributed by atoms with E-state index in [0.717, 1.165) is 57.1 Å². The average Bonchev–Trinajstić information content (AvgIpc) is 3.43. The number of halogens is 1. The van der Waals surface area contributed by atoms with E-state index < -0.39 is 12.1 Å². The molecule has 1 aromatic rings. The number of fused-ring (bicyclic) bond motifs is 2. The monoisotopic (exact) mass is 534 g/mol. The van der Waals surface area contributed by atoms with Crippen LogP contribution in [0.2, 0.25) is 0 Å². The van der Waals surface area contributed by atoms with Gasteiger partial charge in [-0.05, 0) is 75.8 Å². The maximum absolute atomic E-state index is 14.1. The third-order valence-corrected chi connectivity index (χ3v) is 9.95. The maximum Gasteiger partial charge on any atom is 0.246 e. The molecule has 1 saturated carbocycles. The van der Waals surface area contributed by atoms with Crippen molar-refractivity contribution in [1.82, 2.24) is 20.9 Å². The average molecular weight is 535 g/mol. The van der Waals surface area contributed by atoms with E-state index in [0.29, 0.717) is 6.42 Å². The van der Waals surface area contributed by atoms with Crippen molar-refractivity contribution in [3.63, 3.8) is 0 Å². The largest absolute Gasteiger partial charge is 0.347 e. The number of thioether (sulfide) groups is 1. The molecule has 4 aliphatic rings. The van der Waals surface area contributed by atoms with E-state index in [9.17, 15) is 14.4 Å². The number of rotatable bonds is 5. The predicted molar refractivity (Wildman–Crippen MR) is 145 cm³/mol. The van der Waals surface area contributed by atoms with E-state index in [-0.39, 0.29) is 53.0 Å². The van der Waals surface area contributed by atoms with Crippen LogP contribution in [0.5, 0.6) is 0 Å². The first-order chi connectivity index (χ1) is 16.9. The van der Waals surface area contributed by atoms with Crippen LogP contribution >= 0.6 is 24.2 Å². The number of aryl methyl sites for hydroxylation is 1. The minimum absolute atomic E-state index is 0. The number of nitrogens with one attached hydrogen (secondary N) is 3. The lowest BCUT2D eigenvalue weighted by Gasteiger charge is -2.37. The second-order valence-corrected chi connectivity index (χ2v) is 12.0. The normalized spacial score (nSPS) is 29.5. The first-order valence-electron chi connectivity index (χ1n) is 13.2. The second-order valence-electron chi connectivity index (χ2n) is 10.8. The highest BCUT2D eigenvalue weighted by Crippen LogP contribution is 2.55. The molecule has 3 amide bonds. The van der Waals surface area contributed by atoms with E-state index in [2.05, 4.69) is 34.1 Å². The van der Waals surface area contributed by atoms with Crippen LogP contribution < -0.4 is 16.0 Å². The Bertz CT molecular complexity index is 986. The molecule has 36 heavy (non-hydrogen) atoms. The standard InChI is InChI=1S/C27H38N4O3S.ClH/c1-17(28-2)24(32)30-21-12-15-35-22-16-27(13-5-6-14-27)23(31(22)26(21)34)25(33)29-20-11-7-9-18-8-3-4-10-19(18)20;/h3-4,8,10,17,20-23,28H,5-7,9,11-16H2,1-2H3,(H,29,33)(H,30,32);1H/t17?,20-,21+,22+,23-;/m1./s1. The summed E-state index contributed by atoms with van der Waals surface area (Å²) in [5, 5.41) is 9.30. The molecule has 2 heterocycles. The third-order valence-electron chi connectivity index (χ3n) is 8.70. The number of nitrogens with zero attached hydrogens (tertiary/aromatic N) is 1. The Kier molecular flexibility index (Phi) is 8.57. The van der Waals surface area contributed by atoms with Crippen LogP contribution in [0.25, 0.3) is 0 Å². The first kappa shape index (κ1) is 27.3. The molecule has 0 aromatic heterocycles. The van der Waals surface area contributed by atoms with Crippen LogP contribution in [0.1, 0.15) is 75.5 Å². The van der Waals surface area contributed by atoms with Crippen LogP contribution in [0, 0.1) is 5.41 Å². The van der Waals surface area contributed by atoms with Gasteiger partial charge in [0.2, 0.25) is 17.7 Å². The molecule has 198 valence electrons. The molecule has 2 saturated heterocycles. The molecule has 3 fully saturated rings. The molecule has 5 rings (SSSR count). The Morgan fingerprint density at radius 3 is 2.58 bits per heavy atom. The molecule has 1 spiro atoms. The van der Waals surface area contributed by atoms with Gasteiger partial charge in [0.05, 0.1) is 17.5 Å². The molecule has 1 aromatic carbocycles. The number of hydrogen-bond donors (Lipinski definition) is 3. The summed E-state index contributed by atoms with van der Waals surface area (Å²) in [4.78, 5) is 42.5. The van der Waals surface area contributed by atoms with Crippen LogP contribution in [0.4, 0.5) is 0 Å². The summed E-state index contributed by atoms with van der Waals surface area (Å²) in [5.74, 6) is 0.515. The highest BCUT2D eigenvalue weighted by molar-refractivity contribution is 7.99. The van der Waals surface area contributed by atoms with Crippen LogP contribution in [0.15, 0.2) is 24.3 Å². The molecule has 0 bridgehead atoms. The fourth-order valence-electron chi connectivity index (χ4n) is 6.73. The van der Waals surface area contributed by atoms with Crippen LogP contribution in [-0.2, 0) is 20.8 Å². The topological polar surface area (TPSA) is 90.5 Å². The number of hydrogen-bond acceptors (Lipinski definition) is 5. The molecule has 2 aliphatic heterocycles. The third kappa shape index (κ3) is 5.01. The number of likely N-dealkylation sites (N-methyl/N-ethyl adjacent to an activating group) is 1. The Balaban J connectivity index is 0.00000304. The molecule has 2 aliphatic carbocycles. The quantitative estimate of drug-likeness (QED) is 0.539. The van der Waals surface area contributed by atoms with E-state index >= 15 is 0 Å². The van der Waals surface area contributed by atoms with Gasteiger partial charge in [-0.3, -0.25) is 14.4 Å². The smallest absolute Gasteiger partial charge is 0.246 e. The van der Waals surface area contributed by atoms with Crippen molar-refractivity contribution >= 4 is 41.9 Å². The first-order valence-corrected chi connectivity index (χ1v) is 14.3. The van der Waals surface area contributed by atoms with Gasteiger partial charge in [0.25, 0.3) is 0 Å². The molecule has 3 N–H and O–H groups in total. The van der Waals surface area contributed by atoms with Gasteiger partial charge in [-0.2, -0.15) is 0 Å². The second kappa shape index (κ2) is 11.3. The zero-order chi connectivity index (χ0) is 24.6. The molecule has 5 atom stereocenters. The summed E-state index contributed by atoms with van der Waals surface area (Å²) in [6.07, 6.45) is 8.68. The van der Waals surface area contributed by atoms with Crippen molar-refractivity contribution in [3.05, 3.63) is 35.4 Å². The van der Waals surface area contributed by atoms with Crippen molar-refractivity contribution < 1.29 is 14.4 Å². The summed E-state index contributed by atoms with van der Waals surface area (Å²) in [6.45, 7) is 1.79. The molecule has 1 unspecified atom stereocenters. The van der Waals surface area contributed by atoms with Crippen molar-refractivity contribution in [2.75, 3.05) is 12.8 Å². The Morgan fingerprint density at radius 2 is 1.83 bits per heavy atom. The summed E-state index contributed by atoms with van der Waals surface area (Å²) >= 11 is 1.78.